The van der Waals surface area contributed by atoms with Crippen molar-refractivity contribution in [3.8, 4) is 0 Å². The van der Waals surface area contributed by atoms with Crippen molar-refractivity contribution in [2.75, 3.05) is 5.32 Å². The van der Waals surface area contributed by atoms with Gasteiger partial charge in [0, 0.05) is 17.0 Å². The second kappa shape index (κ2) is 7.94. The Morgan fingerprint density at radius 3 is 2.35 bits per heavy atom. The summed E-state index contributed by atoms with van der Waals surface area (Å²) in [4.78, 5) is 16.7. The van der Waals surface area contributed by atoms with E-state index in [9.17, 15) is 22.6 Å². The summed E-state index contributed by atoms with van der Waals surface area (Å²) in [6.45, 7) is 3.62. The number of aromatic nitrogens is 2. The van der Waals surface area contributed by atoms with Crippen LogP contribution in [-0.4, -0.2) is 20.0 Å². The van der Waals surface area contributed by atoms with Crippen molar-refractivity contribution in [1.29, 1.82) is 0 Å². The molecule has 1 heterocycles. The zero-order chi connectivity index (χ0) is 19.5. The lowest BCUT2D eigenvalue weighted by Crippen LogP contribution is -2.21. The van der Waals surface area contributed by atoms with Gasteiger partial charge in [-0.25, -0.2) is 9.97 Å². The summed E-state index contributed by atoms with van der Waals surface area (Å²) < 4.78 is 49.5. The topological polar surface area (TPSA) is 75.1 Å². The Hall–Kier alpha value is -1.63. The predicted molar refractivity (Wildman–Crippen MR) is 95.4 cm³/mol. The molecule has 0 radical (unpaired) electrons. The van der Waals surface area contributed by atoms with Crippen molar-refractivity contribution >= 4 is 31.3 Å². The van der Waals surface area contributed by atoms with Gasteiger partial charge in [0.05, 0.1) is 0 Å². The molecule has 0 bridgehead atoms. The largest absolute Gasteiger partial charge is 0.420 e. The van der Waals surface area contributed by atoms with E-state index >= 15 is 0 Å². The maximum absolute atomic E-state index is 12.7. The molecule has 2 N–H and O–H groups in total. The molecule has 2 atom stereocenters. The number of hydrogen-bond acceptors (Lipinski definition) is 4. The van der Waals surface area contributed by atoms with E-state index in [4.69, 9.17) is 11.6 Å². The van der Waals surface area contributed by atoms with Gasteiger partial charge in [0.2, 0.25) is 5.95 Å². The van der Waals surface area contributed by atoms with Crippen LogP contribution in [0.4, 0.5) is 24.8 Å². The highest BCUT2D eigenvalue weighted by Crippen LogP contribution is 2.40. The van der Waals surface area contributed by atoms with Crippen LogP contribution >= 0.6 is 19.6 Å². The zero-order valence-electron chi connectivity index (χ0n) is 14.1. The van der Waals surface area contributed by atoms with E-state index in [2.05, 4.69) is 15.3 Å². The molecule has 0 aliphatic carbocycles. The van der Waals surface area contributed by atoms with E-state index in [1.165, 1.54) is 0 Å². The van der Waals surface area contributed by atoms with E-state index < -0.39 is 30.1 Å². The summed E-state index contributed by atoms with van der Waals surface area (Å²) in [6, 6.07) is 6.92. The number of alkyl halides is 3. The first-order chi connectivity index (χ1) is 12.0. The lowest BCUT2D eigenvalue weighted by atomic mass is 9.97. The molecule has 2 rings (SSSR count). The minimum Gasteiger partial charge on any atom is -0.346 e. The fourth-order valence-corrected chi connectivity index (χ4v) is 3.14. The molecule has 0 amide bonds. The summed E-state index contributed by atoms with van der Waals surface area (Å²) in [7, 11) is -2.69. The van der Waals surface area contributed by atoms with Crippen LogP contribution < -0.4 is 5.32 Å². The highest BCUT2D eigenvalue weighted by molar-refractivity contribution is 7.40. The molecular formula is C16H18ClF3N3O2P. The van der Waals surface area contributed by atoms with Gasteiger partial charge in [0.1, 0.15) is 10.7 Å². The Morgan fingerprint density at radius 1 is 1.27 bits per heavy atom. The lowest BCUT2D eigenvalue weighted by molar-refractivity contribution is -0.137. The SMILES string of the molecule is CCC(C)(Cc1ccc(Nc2ncc(C(F)(F)F)c(Cl)n2)cc1)[PH](=O)O. The van der Waals surface area contributed by atoms with E-state index in [1.807, 2.05) is 6.92 Å². The average Bonchev–Trinajstić information content (AvgIpc) is 2.55. The lowest BCUT2D eigenvalue weighted by Gasteiger charge is -2.24. The molecule has 1 aromatic heterocycles. The fourth-order valence-electron chi connectivity index (χ4n) is 2.25. The summed E-state index contributed by atoms with van der Waals surface area (Å²) >= 11 is 5.56. The highest BCUT2D eigenvalue weighted by atomic mass is 35.5. The van der Waals surface area contributed by atoms with Crippen LogP contribution in [0.15, 0.2) is 30.5 Å². The second-order valence-corrected chi connectivity index (χ2v) is 8.29. The van der Waals surface area contributed by atoms with Crippen molar-refractivity contribution in [3.63, 3.8) is 0 Å². The summed E-state index contributed by atoms with van der Waals surface area (Å²) in [5, 5.41) is 1.41. The van der Waals surface area contributed by atoms with Crippen molar-refractivity contribution in [2.45, 2.75) is 38.0 Å². The van der Waals surface area contributed by atoms with Gasteiger partial charge in [-0.1, -0.05) is 37.6 Å². The molecule has 0 saturated carbocycles. The van der Waals surface area contributed by atoms with Crippen LogP contribution in [0.25, 0.3) is 0 Å². The molecule has 0 aliphatic heterocycles. The molecule has 26 heavy (non-hydrogen) atoms. The van der Waals surface area contributed by atoms with E-state index in [0.29, 0.717) is 24.7 Å². The van der Waals surface area contributed by atoms with Gasteiger partial charge in [-0.05, 0) is 30.5 Å². The molecule has 0 fully saturated rings. The van der Waals surface area contributed by atoms with E-state index in [0.717, 1.165) is 5.56 Å². The number of benzene rings is 1. The summed E-state index contributed by atoms with van der Waals surface area (Å²) in [5.74, 6) is -0.0606. The van der Waals surface area contributed by atoms with Gasteiger partial charge in [-0.15, -0.1) is 0 Å². The number of nitrogens with zero attached hydrogens (tertiary/aromatic N) is 2. The molecular weight excluding hydrogens is 390 g/mol. The van der Waals surface area contributed by atoms with Gasteiger partial charge < -0.3 is 10.2 Å². The molecule has 0 aliphatic rings. The Kier molecular flexibility index (Phi) is 6.32. The second-order valence-electron chi connectivity index (χ2n) is 6.11. The van der Waals surface area contributed by atoms with Gasteiger partial charge in [-0.3, -0.25) is 4.57 Å². The Labute approximate surface area is 154 Å². The Morgan fingerprint density at radius 2 is 1.88 bits per heavy atom. The zero-order valence-corrected chi connectivity index (χ0v) is 15.8. The standard InChI is InChI=1S/C16H18ClF3N3O2P/c1-3-15(2,26(24)25)8-10-4-6-11(7-5-10)22-14-21-9-12(13(17)23-14)16(18,19)20/h4-7,9,26H,3,8H2,1-2H3,(H,24,25)(H,21,22,23). The van der Waals surface area contributed by atoms with E-state index in [-0.39, 0.29) is 5.95 Å². The van der Waals surface area contributed by atoms with Crippen molar-refractivity contribution in [3.05, 3.63) is 46.7 Å². The highest BCUT2D eigenvalue weighted by Gasteiger charge is 2.34. The molecule has 0 saturated heterocycles. The molecule has 10 heteroatoms. The Balaban J connectivity index is 2.12. The molecule has 2 aromatic rings. The maximum atomic E-state index is 12.7. The van der Waals surface area contributed by atoms with Crippen LogP contribution in [0.3, 0.4) is 0 Å². The van der Waals surface area contributed by atoms with Gasteiger partial charge in [0.15, 0.2) is 8.03 Å². The van der Waals surface area contributed by atoms with Crippen molar-refractivity contribution < 1.29 is 22.6 Å². The number of hydrogen-bond donors (Lipinski definition) is 2. The number of anilines is 2. The van der Waals surface area contributed by atoms with Crippen LogP contribution in [0.2, 0.25) is 5.15 Å². The molecule has 142 valence electrons. The number of rotatable bonds is 6. The average molecular weight is 408 g/mol. The predicted octanol–water partition coefficient (Wildman–Crippen LogP) is 5.07. The number of nitrogens with one attached hydrogen (secondary N) is 1. The monoisotopic (exact) mass is 407 g/mol. The molecule has 2 unspecified atom stereocenters. The smallest absolute Gasteiger partial charge is 0.346 e. The van der Waals surface area contributed by atoms with Gasteiger partial charge >= 0.3 is 6.18 Å². The van der Waals surface area contributed by atoms with Crippen molar-refractivity contribution in [2.24, 2.45) is 0 Å². The Bertz CT molecular complexity index is 802. The number of halogens is 4. The third-order valence-corrected chi connectivity index (χ3v) is 6.00. The third-order valence-electron chi connectivity index (χ3n) is 4.15. The summed E-state index contributed by atoms with van der Waals surface area (Å²) in [5.41, 5.74) is 0.330. The quantitative estimate of drug-likeness (QED) is 0.516. The third kappa shape index (κ3) is 4.96. The minimum absolute atomic E-state index is 0.0606. The van der Waals surface area contributed by atoms with Crippen LogP contribution in [0, 0.1) is 0 Å². The van der Waals surface area contributed by atoms with Crippen LogP contribution in [0.1, 0.15) is 31.4 Å². The first kappa shape index (κ1) is 20.7. The first-order valence-electron chi connectivity index (χ1n) is 7.74. The van der Waals surface area contributed by atoms with Crippen LogP contribution in [0.5, 0.6) is 0 Å². The molecule has 0 spiro atoms. The summed E-state index contributed by atoms with van der Waals surface area (Å²) in [6.07, 6.45) is -2.98. The van der Waals surface area contributed by atoms with Crippen molar-refractivity contribution in [1.82, 2.24) is 9.97 Å². The first-order valence-corrected chi connectivity index (χ1v) is 9.47. The van der Waals surface area contributed by atoms with E-state index in [1.54, 1.807) is 31.2 Å². The maximum Gasteiger partial charge on any atom is 0.420 e. The molecule has 1 aromatic carbocycles. The van der Waals surface area contributed by atoms with Gasteiger partial charge in [-0.2, -0.15) is 13.2 Å². The fraction of sp³-hybridized carbons (Fsp3) is 0.375. The minimum atomic E-state index is -4.61. The normalized spacial score (nSPS) is 15.3. The van der Waals surface area contributed by atoms with Crippen LogP contribution in [-0.2, 0) is 17.2 Å². The molecule has 5 nitrogen and oxygen atoms in total. The van der Waals surface area contributed by atoms with Gasteiger partial charge in [0.25, 0.3) is 0 Å².